The normalized spacial score (nSPS) is 38.3. The Kier molecular flexibility index (Phi) is 8.00. The average molecular weight is 430 g/mol. The Morgan fingerprint density at radius 1 is 1.14 bits per heavy atom. The highest BCUT2D eigenvalue weighted by molar-refractivity contribution is 7.99. The van der Waals surface area contributed by atoms with E-state index in [2.05, 4.69) is 5.32 Å². The Morgan fingerprint density at radius 2 is 1.83 bits per heavy atom. The molecule has 7 nitrogen and oxygen atoms in total. The summed E-state index contributed by atoms with van der Waals surface area (Å²) in [5.41, 5.74) is -1.19. The Balaban J connectivity index is 1.48. The van der Waals surface area contributed by atoms with Gasteiger partial charge in [-0.15, -0.1) is 0 Å². The Bertz CT molecular complexity index is 578. The van der Waals surface area contributed by atoms with Gasteiger partial charge in [-0.25, -0.2) is 0 Å². The minimum Gasteiger partial charge on any atom is -0.393 e. The Morgan fingerprint density at radius 3 is 2.38 bits per heavy atom. The monoisotopic (exact) mass is 429 g/mol. The lowest BCUT2D eigenvalue weighted by molar-refractivity contribution is -0.247. The molecule has 0 bridgehead atoms. The van der Waals surface area contributed by atoms with Crippen LogP contribution in [-0.4, -0.2) is 75.1 Å². The minimum atomic E-state index is -1.26. The van der Waals surface area contributed by atoms with Gasteiger partial charge in [0.15, 0.2) is 0 Å². The number of aliphatic hydroxyl groups excluding tert-OH is 3. The molecule has 1 amide bonds. The number of thioether (sulfide) groups is 1. The number of hydrogen-bond acceptors (Lipinski definition) is 7. The number of amides is 1. The number of nitrogens with one attached hydrogen (secondary N) is 1. The smallest absolute Gasteiger partial charge is 0.217 e. The highest BCUT2D eigenvalue weighted by Crippen LogP contribution is 2.43. The first-order valence-corrected chi connectivity index (χ1v) is 11.9. The van der Waals surface area contributed by atoms with Crippen molar-refractivity contribution in [2.45, 2.75) is 87.4 Å². The number of hydrogen-bond donors (Lipinski definition) is 4. The number of ether oxygens (including phenoxy) is 1. The highest BCUT2D eigenvalue weighted by Gasteiger charge is 2.54. The van der Waals surface area contributed by atoms with Gasteiger partial charge in [0.25, 0.3) is 0 Å². The number of ketones is 1. The number of carbonyl (C=O) groups excluding carboxylic acids is 2. The molecule has 29 heavy (non-hydrogen) atoms. The highest BCUT2D eigenvalue weighted by atomic mass is 32.2. The van der Waals surface area contributed by atoms with E-state index in [1.165, 1.54) is 13.3 Å². The third-order valence-corrected chi connectivity index (χ3v) is 8.41. The SMILES string of the molecule is CC(=O)N[C@@H]1CO[C@](CO)(C2CCC(SCCC(=O)C3CCC3)CC2)[C@H](O)[C@@H]1O. The summed E-state index contributed by atoms with van der Waals surface area (Å²) in [5, 5.41) is 34.4. The van der Waals surface area contributed by atoms with Crippen LogP contribution in [0.2, 0.25) is 0 Å². The van der Waals surface area contributed by atoms with Crippen LogP contribution >= 0.6 is 11.8 Å². The molecule has 0 aromatic heterocycles. The lowest BCUT2D eigenvalue weighted by atomic mass is 9.71. The summed E-state index contributed by atoms with van der Waals surface area (Å²) in [6, 6.07) is -0.678. The van der Waals surface area contributed by atoms with Crippen LogP contribution in [0.1, 0.15) is 58.3 Å². The predicted octanol–water partition coefficient (Wildman–Crippen LogP) is 1.03. The molecule has 2 saturated carbocycles. The Hall–Kier alpha value is -0.670. The van der Waals surface area contributed by atoms with E-state index in [4.69, 9.17) is 4.74 Å². The van der Waals surface area contributed by atoms with E-state index in [9.17, 15) is 24.9 Å². The fourth-order valence-corrected chi connectivity index (χ4v) is 6.19. The minimum absolute atomic E-state index is 0.0520. The molecule has 1 saturated heterocycles. The molecule has 0 radical (unpaired) electrons. The van der Waals surface area contributed by atoms with Crippen molar-refractivity contribution in [1.82, 2.24) is 5.32 Å². The van der Waals surface area contributed by atoms with Crippen molar-refractivity contribution in [3.63, 3.8) is 0 Å². The lowest BCUT2D eigenvalue weighted by Crippen LogP contribution is -2.68. The molecule has 3 rings (SSSR count). The molecule has 0 aromatic rings. The maximum Gasteiger partial charge on any atom is 0.217 e. The summed E-state index contributed by atoms with van der Waals surface area (Å²) < 4.78 is 5.92. The van der Waals surface area contributed by atoms with Crippen molar-refractivity contribution in [3.8, 4) is 0 Å². The molecular weight excluding hydrogens is 394 g/mol. The second-order valence-corrected chi connectivity index (χ2v) is 10.3. The number of aliphatic hydroxyl groups is 3. The topological polar surface area (TPSA) is 116 Å². The van der Waals surface area contributed by atoms with Crippen LogP contribution in [0, 0.1) is 11.8 Å². The van der Waals surface area contributed by atoms with Crippen molar-refractivity contribution in [1.29, 1.82) is 0 Å². The summed E-state index contributed by atoms with van der Waals surface area (Å²) in [7, 11) is 0. The van der Waals surface area contributed by atoms with Crippen LogP contribution in [0.3, 0.4) is 0 Å². The van der Waals surface area contributed by atoms with Gasteiger partial charge in [0, 0.05) is 30.3 Å². The van der Waals surface area contributed by atoms with Gasteiger partial charge in [0.05, 0.1) is 19.3 Å². The third-order valence-electron chi connectivity index (χ3n) is 7.03. The van der Waals surface area contributed by atoms with Crippen LogP contribution in [0.25, 0.3) is 0 Å². The van der Waals surface area contributed by atoms with Crippen LogP contribution < -0.4 is 5.32 Å². The van der Waals surface area contributed by atoms with Crippen LogP contribution in [0.4, 0.5) is 0 Å². The first-order chi connectivity index (χ1) is 13.9. The van der Waals surface area contributed by atoms with Crippen molar-refractivity contribution in [3.05, 3.63) is 0 Å². The van der Waals surface area contributed by atoms with Gasteiger partial charge in [0.2, 0.25) is 5.91 Å². The van der Waals surface area contributed by atoms with Crippen molar-refractivity contribution >= 4 is 23.5 Å². The summed E-state index contributed by atoms with van der Waals surface area (Å²) in [6.07, 6.45) is 5.02. The standard InChI is InChI=1S/C21H35NO6S/c1-13(24)22-17-11-28-21(12-23,20(27)19(17)26)15-5-7-16(8-6-15)29-10-9-18(25)14-3-2-4-14/h14-17,19-20,23,26-27H,2-12H2,1H3,(H,22,24)/t15?,16?,17-,19-,20-,21-/m1/s1. The summed E-state index contributed by atoms with van der Waals surface area (Å²) in [4.78, 5) is 23.3. The van der Waals surface area contributed by atoms with E-state index >= 15 is 0 Å². The molecule has 0 spiro atoms. The maximum atomic E-state index is 12.0. The molecule has 0 unspecified atom stereocenters. The number of rotatable bonds is 8. The molecule has 1 aliphatic heterocycles. The van der Waals surface area contributed by atoms with Gasteiger partial charge < -0.3 is 25.4 Å². The molecule has 4 N–H and O–H groups in total. The zero-order valence-electron chi connectivity index (χ0n) is 17.2. The Labute approximate surface area is 177 Å². The predicted molar refractivity (Wildman–Crippen MR) is 111 cm³/mol. The molecule has 3 fully saturated rings. The van der Waals surface area contributed by atoms with Gasteiger partial charge in [-0.3, -0.25) is 9.59 Å². The van der Waals surface area contributed by atoms with Crippen LogP contribution in [0.15, 0.2) is 0 Å². The lowest BCUT2D eigenvalue weighted by Gasteiger charge is -2.51. The second-order valence-electron chi connectivity index (χ2n) is 8.86. The van der Waals surface area contributed by atoms with Gasteiger partial charge >= 0.3 is 0 Å². The quantitative estimate of drug-likeness (QED) is 0.455. The largest absolute Gasteiger partial charge is 0.393 e. The van der Waals surface area contributed by atoms with Crippen molar-refractivity contribution in [2.24, 2.45) is 11.8 Å². The summed E-state index contributed by atoms with van der Waals surface area (Å²) in [6.45, 7) is 1.05. The fraction of sp³-hybridized carbons (Fsp3) is 0.905. The number of Topliss-reactive ketones (excluding diaryl/α,β-unsaturated/α-hetero) is 1. The van der Waals surface area contributed by atoms with Crippen molar-refractivity contribution in [2.75, 3.05) is 19.0 Å². The maximum absolute atomic E-state index is 12.0. The molecular formula is C21H35NO6S. The van der Waals surface area contributed by atoms with E-state index in [0.29, 0.717) is 23.4 Å². The molecule has 3 aliphatic rings. The second kappa shape index (κ2) is 10.1. The molecule has 8 heteroatoms. The van der Waals surface area contributed by atoms with Crippen LogP contribution in [0.5, 0.6) is 0 Å². The zero-order valence-corrected chi connectivity index (χ0v) is 18.0. The zero-order chi connectivity index (χ0) is 21.0. The summed E-state index contributed by atoms with van der Waals surface area (Å²) in [5.74, 6) is 1.25. The van der Waals surface area contributed by atoms with E-state index in [0.717, 1.165) is 44.3 Å². The van der Waals surface area contributed by atoms with Gasteiger partial charge in [-0.05, 0) is 44.4 Å². The van der Waals surface area contributed by atoms with Crippen molar-refractivity contribution < 1.29 is 29.6 Å². The summed E-state index contributed by atoms with van der Waals surface area (Å²) >= 11 is 1.86. The molecule has 166 valence electrons. The molecule has 2 aliphatic carbocycles. The first kappa shape index (κ1) is 23.0. The number of carbonyl (C=O) groups is 2. The third kappa shape index (κ3) is 5.15. The molecule has 1 heterocycles. The van der Waals surface area contributed by atoms with Gasteiger partial charge in [0.1, 0.15) is 23.6 Å². The molecule has 4 atom stereocenters. The average Bonchev–Trinajstić information content (AvgIpc) is 2.65. The first-order valence-electron chi connectivity index (χ1n) is 10.9. The van der Waals surface area contributed by atoms with E-state index < -0.39 is 23.9 Å². The van der Waals surface area contributed by atoms with Gasteiger partial charge in [-0.2, -0.15) is 11.8 Å². The molecule has 0 aromatic carbocycles. The van der Waals surface area contributed by atoms with Crippen LogP contribution in [-0.2, 0) is 14.3 Å². The van der Waals surface area contributed by atoms with Gasteiger partial charge in [-0.1, -0.05) is 6.42 Å². The van der Waals surface area contributed by atoms with E-state index in [1.54, 1.807) is 0 Å². The van der Waals surface area contributed by atoms with E-state index in [-0.39, 0.29) is 25.0 Å². The van der Waals surface area contributed by atoms with E-state index in [1.807, 2.05) is 11.8 Å². The fourth-order valence-electron chi connectivity index (χ4n) is 4.93.